The summed E-state index contributed by atoms with van der Waals surface area (Å²) in [7, 11) is 0.125. The molecular formula is C30H48NO7PS. The molecule has 2 fully saturated rings. The van der Waals surface area contributed by atoms with Crippen LogP contribution in [0.1, 0.15) is 84.1 Å². The number of ether oxygens (including phenoxy) is 1. The second-order valence-electron chi connectivity index (χ2n) is 11.0. The van der Waals surface area contributed by atoms with Crippen LogP contribution in [-0.4, -0.2) is 63.5 Å². The monoisotopic (exact) mass is 597 g/mol. The third-order valence-electron chi connectivity index (χ3n) is 7.53. The largest absolute Gasteiger partial charge is 0.480 e. The maximum absolute atomic E-state index is 12.7. The second-order valence-corrected chi connectivity index (χ2v) is 12.5. The summed E-state index contributed by atoms with van der Waals surface area (Å²) in [5, 5.41) is 9.57. The van der Waals surface area contributed by atoms with Crippen molar-refractivity contribution >= 4 is 38.7 Å². The predicted octanol–water partition coefficient (Wildman–Crippen LogP) is 6.06. The molecule has 8 nitrogen and oxygen atoms in total. The minimum absolute atomic E-state index is 0.00800. The van der Waals surface area contributed by atoms with Gasteiger partial charge < -0.3 is 19.6 Å². The van der Waals surface area contributed by atoms with Crippen LogP contribution >= 0.6 is 20.9 Å². The topological polar surface area (TPSA) is 113 Å². The first-order valence-electron chi connectivity index (χ1n) is 14.7. The Bertz CT molecular complexity index is 882. The van der Waals surface area contributed by atoms with Gasteiger partial charge in [0.2, 0.25) is 12.2 Å². The van der Waals surface area contributed by atoms with E-state index in [1.54, 1.807) is 6.92 Å². The quantitative estimate of drug-likeness (QED) is 0.0875. The van der Waals surface area contributed by atoms with Gasteiger partial charge in [-0.1, -0.05) is 83.2 Å². The molecule has 0 spiro atoms. The van der Waals surface area contributed by atoms with Gasteiger partial charge >= 0.3 is 11.9 Å². The van der Waals surface area contributed by atoms with Crippen LogP contribution in [0.25, 0.3) is 0 Å². The van der Waals surface area contributed by atoms with E-state index < -0.39 is 18.3 Å². The van der Waals surface area contributed by atoms with Crippen molar-refractivity contribution in [1.29, 1.82) is 0 Å². The number of carboxylic acid groups (broad SMARTS) is 1. The third kappa shape index (κ3) is 12.5. The molecule has 226 valence electrons. The number of carboxylic acids is 1. The number of unbranched alkanes of at least 4 members (excludes halogenated alkanes) is 1. The lowest BCUT2D eigenvalue weighted by Gasteiger charge is -2.27. The number of rotatable bonds is 14. The zero-order valence-corrected chi connectivity index (χ0v) is 26.1. The average molecular weight is 598 g/mol. The van der Waals surface area contributed by atoms with Gasteiger partial charge in [-0.2, -0.15) is 0 Å². The fourth-order valence-electron chi connectivity index (χ4n) is 5.22. The molecule has 1 heterocycles. The van der Waals surface area contributed by atoms with Gasteiger partial charge in [-0.3, -0.25) is 13.8 Å². The zero-order chi connectivity index (χ0) is 29.3. The van der Waals surface area contributed by atoms with Gasteiger partial charge in [0.05, 0.1) is 5.75 Å². The molecule has 10 heteroatoms. The summed E-state index contributed by atoms with van der Waals surface area (Å²) in [6, 6.07) is 9.74. The van der Waals surface area contributed by atoms with Crippen LogP contribution in [0.3, 0.4) is 0 Å². The van der Waals surface area contributed by atoms with E-state index in [-0.39, 0.29) is 44.7 Å². The first kappa shape index (κ1) is 34.5. The number of carbonyl (C=O) groups excluding carboxylic acids is 2. The van der Waals surface area contributed by atoms with Crippen molar-refractivity contribution in [2.75, 3.05) is 18.5 Å². The van der Waals surface area contributed by atoms with Crippen molar-refractivity contribution in [3.05, 3.63) is 35.9 Å². The highest BCUT2D eigenvalue weighted by atomic mass is 32.2. The van der Waals surface area contributed by atoms with Crippen LogP contribution in [0, 0.1) is 17.8 Å². The molecule has 1 aliphatic heterocycles. The number of esters is 1. The number of carbonyl (C=O) groups is 3. The van der Waals surface area contributed by atoms with Gasteiger partial charge in [0.1, 0.15) is 6.04 Å². The second kappa shape index (κ2) is 19.5. The Morgan fingerprint density at radius 2 is 1.77 bits per heavy atom. The summed E-state index contributed by atoms with van der Waals surface area (Å²) in [5.74, 6) is -0.775. The van der Waals surface area contributed by atoms with Gasteiger partial charge in [-0.15, -0.1) is 0 Å². The molecule has 0 bridgehead atoms. The van der Waals surface area contributed by atoms with Crippen LogP contribution in [0.2, 0.25) is 0 Å². The predicted molar refractivity (Wildman–Crippen MR) is 161 cm³/mol. The maximum Gasteiger partial charge on any atom is 0.326 e. The fraction of sp³-hybridized carbons (Fsp3) is 0.700. The Hall–Kier alpha value is -1.67. The number of benzene rings is 1. The van der Waals surface area contributed by atoms with E-state index in [1.165, 1.54) is 36.1 Å². The average Bonchev–Trinajstić information content (AvgIpc) is 3.42. The van der Waals surface area contributed by atoms with Crippen LogP contribution in [0.15, 0.2) is 30.3 Å². The van der Waals surface area contributed by atoms with Crippen LogP contribution in [-0.2, 0) is 29.7 Å². The number of hydrogen-bond acceptors (Lipinski definition) is 7. The third-order valence-corrected chi connectivity index (χ3v) is 8.80. The molecule has 1 amide bonds. The van der Waals surface area contributed by atoms with Crippen molar-refractivity contribution < 1.29 is 33.3 Å². The molecule has 1 aromatic carbocycles. The molecule has 2 aliphatic rings. The Kier molecular flexibility index (Phi) is 16.8. The van der Waals surface area contributed by atoms with E-state index in [1.807, 2.05) is 19.9 Å². The number of nitrogens with zero attached hydrogens (tertiary/aromatic N) is 1. The zero-order valence-electron chi connectivity index (χ0n) is 24.3. The van der Waals surface area contributed by atoms with Crippen LogP contribution < -0.4 is 0 Å². The normalized spacial score (nSPS) is 20.4. The van der Waals surface area contributed by atoms with Crippen molar-refractivity contribution in [2.45, 2.75) is 97.3 Å². The van der Waals surface area contributed by atoms with Crippen molar-refractivity contribution in [3.63, 3.8) is 0 Å². The van der Waals surface area contributed by atoms with E-state index in [0.29, 0.717) is 18.9 Å². The molecule has 2 N–H and O–H groups in total. The van der Waals surface area contributed by atoms with Crippen LogP contribution in [0.5, 0.6) is 0 Å². The van der Waals surface area contributed by atoms with E-state index in [9.17, 15) is 19.5 Å². The first-order chi connectivity index (χ1) is 19.3. The lowest BCUT2D eigenvalue weighted by atomic mass is 9.79. The van der Waals surface area contributed by atoms with Crippen molar-refractivity contribution in [3.8, 4) is 0 Å². The molecule has 0 radical (unpaired) electrons. The highest BCUT2D eigenvalue weighted by molar-refractivity contribution is 7.95. The summed E-state index contributed by atoms with van der Waals surface area (Å²) in [6.45, 7) is 5.95. The first-order valence-corrected chi connectivity index (χ1v) is 16.7. The standard InChI is InChI=1S/C20H33NO6S.C10H15OP/c1-4-18(23)26-20(13(2)3)27-28-12-17(22)21-11-15(10-16(21)19(24)25)14-8-6-5-7-9-14;11-12-9-5-4-8-10-6-2-1-3-7-10/h13-16,20H,4-12H2,1-3H3,(H,24,25);1-3,6-7,11-12H,4-5,8-9H2/t15-,16+,20-;/m1./s1. The molecule has 4 atom stereocenters. The highest BCUT2D eigenvalue weighted by Crippen LogP contribution is 2.37. The van der Waals surface area contributed by atoms with Gasteiger partial charge in [0, 0.05) is 39.7 Å². The van der Waals surface area contributed by atoms with Gasteiger partial charge in [0.15, 0.2) is 0 Å². The van der Waals surface area contributed by atoms with Crippen LogP contribution in [0.4, 0.5) is 0 Å². The Morgan fingerprint density at radius 1 is 1.07 bits per heavy atom. The summed E-state index contributed by atoms with van der Waals surface area (Å²) in [5.41, 5.74) is 1.40. The number of aliphatic carboxylic acids is 1. The smallest absolute Gasteiger partial charge is 0.326 e. The molecule has 1 aromatic rings. The van der Waals surface area contributed by atoms with Crippen molar-refractivity contribution in [2.24, 2.45) is 17.8 Å². The summed E-state index contributed by atoms with van der Waals surface area (Å²) >= 11 is 0.926. The molecule has 40 heavy (non-hydrogen) atoms. The molecule has 0 aromatic heterocycles. The fourth-order valence-corrected chi connectivity index (χ4v) is 6.36. The Balaban J connectivity index is 0.000000389. The molecule has 1 saturated carbocycles. The highest BCUT2D eigenvalue weighted by Gasteiger charge is 2.42. The van der Waals surface area contributed by atoms with Gasteiger partial charge in [-0.25, -0.2) is 4.79 Å². The minimum atomic E-state index is -0.936. The Labute approximate surface area is 246 Å². The lowest BCUT2D eigenvalue weighted by Crippen LogP contribution is -2.41. The van der Waals surface area contributed by atoms with E-state index in [4.69, 9.17) is 13.8 Å². The summed E-state index contributed by atoms with van der Waals surface area (Å²) in [4.78, 5) is 45.9. The number of likely N-dealkylation sites (tertiary alicyclic amines) is 1. The summed E-state index contributed by atoms with van der Waals surface area (Å²) < 4.78 is 10.7. The number of aryl methyl sites for hydroxylation is 1. The van der Waals surface area contributed by atoms with Crippen molar-refractivity contribution in [1.82, 2.24) is 4.90 Å². The molecular weight excluding hydrogens is 549 g/mol. The molecule has 1 unspecified atom stereocenters. The maximum atomic E-state index is 12.7. The minimum Gasteiger partial charge on any atom is -0.480 e. The number of hydrogen-bond donors (Lipinski definition) is 2. The molecule has 3 rings (SSSR count). The van der Waals surface area contributed by atoms with E-state index in [2.05, 4.69) is 24.3 Å². The Morgan fingerprint density at radius 3 is 2.38 bits per heavy atom. The number of amides is 1. The van der Waals surface area contributed by atoms with E-state index >= 15 is 0 Å². The summed E-state index contributed by atoms with van der Waals surface area (Å²) in [6.07, 6.45) is 10.4. The van der Waals surface area contributed by atoms with Gasteiger partial charge in [0.25, 0.3) is 0 Å². The van der Waals surface area contributed by atoms with E-state index in [0.717, 1.165) is 43.9 Å². The molecule has 1 aliphatic carbocycles. The SMILES string of the molecule is CCC(=O)O[C@H](OSCC(=O)N1C[C@H](C2CCCCC2)C[C@H]1C(=O)O)C(C)C.OPCCCCc1ccccc1. The molecule has 1 saturated heterocycles. The lowest BCUT2D eigenvalue weighted by molar-refractivity contribution is -0.167. The van der Waals surface area contributed by atoms with Gasteiger partial charge in [-0.05, 0) is 49.2 Å².